The lowest BCUT2D eigenvalue weighted by Crippen LogP contribution is -2.01. The molecule has 3 rings (SSSR count). The molecular formula is C13H12N4S. The van der Waals surface area contributed by atoms with Crippen molar-refractivity contribution in [3.8, 4) is 0 Å². The summed E-state index contributed by atoms with van der Waals surface area (Å²) in [4.78, 5) is 5.43. The van der Waals surface area contributed by atoms with Gasteiger partial charge in [-0.2, -0.15) is 5.10 Å². The van der Waals surface area contributed by atoms with E-state index in [9.17, 15) is 0 Å². The summed E-state index contributed by atoms with van der Waals surface area (Å²) in [5.41, 5.74) is 0. The van der Waals surface area contributed by atoms with Crippen LogP contribution in [-0.4, -0.2) is 15.2 Å². The Hall–Kier alpha value is -2.01. The predicted molar refractivity (Wildman–Crippen MR) is 73.7 cm³/mol. The monoisotopic (exact) mass is 256 g/mol. The van der Waals surface area contributed by atoms with E-state index in [1.165, 1.54) is 4.88 Å². The summed E-state index contributed by atoms with van der Waals surface area (Å²) in [5.74, 6) is 0.819. The van der Waals surface area contributed by atoms with Gasteiger partial charge in [-0.1, -0.05) is 24.3 Å². The molecule has 0 amide bonds. The van der Waals surface area contributed by atoms with Gasteiger partial charge in [0.15, 0.2) is 5.82 Å². The number of benzene rings is 1. The molecule has 4 nitrogen and oxygen atoms in total. The van der Waals surface area contributed by atoms with Gasteiger partial charge in [0, 0.05) is 21.8 Å². The van der Waals surface area contributed by atoms with Gasteiger partial charge in [0.25, 0.3) is 0 Å². The zero-order chi connectivity index (χ0) is 12.4. The van der Waals surface area contributed by atoms with Crippen molar-refractivity contribution in [2.45, 2.75) is 13.5 Å². The van der Waals surface area contributed by atoms with Crippen LogP contribution in [0.1, 0.15) is 9.88 Å². The molecule has 0 saturated heterocycles. The largest absolute Gasteiger partial charge is 0.363 e. The first-order valence-corrected chi connectivity index (χ1v) is 6.50. The first kappa shape index (κ1) is 11.1. The fourth-order valence-corrected chi connectivity index (χ4v) is 2.55. The smallest absolute Gasteiger partial charge is 0.156 e. The summed E-state index contributed by atoms with van der Waals surface area (Å²) >= 11 is 1.69. The van der Waals surface area contributed by atoms with Crippen molar-refractivity contribution < 1.29 is 0 Å². The molecule has 2 heterocycles. The maximum Gasteiger partial charge on any atom is 0.156 e. The van der Waals surface area contributed by atoms with Gasteiger partial charge in [0.2, 0.25) is 0 Å². The molecule has 0 fully saturated rings. The molecule has 90 valence electrons. The van der Waals surface area contributed by atoms with E-state index in [4.69, 9.17) is 0 Å². The van der Waals surface area contributed by atoms with Crippen LogP contribution in [-0.2, 0) is 6.54 Å². The van der Waals surface area contributed by atoms with Crippen LogP contribution >= 0.6 is 11.3 Å². The number of aryl methyl sites for hydroxylation is 1. The Bertz CT molecular complexity index is 672. The molecule has 0 atom stereocenters. The number of anilines is 1. The van der Waals surface area contributed by atoms with Crippen LogP contribution in [0.15, 0.2) is 36.7 Å². The first-order valence-electron chi connectivity index (χ1n) is 5.68. The number of fused-ring (bicyclic) bond motifs is 1. The minimum Gasteiger partial charge on any atom is -0.363 e. The van der Waals surface area contributed by atoms with Crippen LogP contribution in [0.5, 0.6) is 0 Å². The maximum atomic E-state index is 4.23. The van der Waals surface area contributed by atoms with E-state index in [0.29, 0.717) is 0 Å². The number of nitrogens with one attached hydrogen (secondary N) is 1. The minimum atomic E-state index is 0.730. The fourth-order valence-electron chi connectivity index (χ4n) is 1.82. The predicted octanol–water partition coefficient (Wildman–Crippen LogP) is 3.01. The molecule has 0 aliphatic heterocycles. The quantitative estimate of drug-likeness (QED) is 0.782. The molecular weight excluding hydrogens is 244 g/mol. The van der Waals surface area contributed by atoms with Crippen molar-refractivity contribution in [2.24, 2.45) is 0 Å². The molecule has 0 spiro atoms. The third-order valence-electron chi connectivity index (χ3n) is 2.67. The Labute approximate surface area is 109 Å². The van der Waals surface area contributed by atoms with Crippen LogP contribution in [0.2, 0.25) is 0 Å². The van der Waals surface area contributed by atoms with Crippen molar-refractivity contribution in [2.75, 3.05) is 5.32 Å². The third-order valence-corrected chi connectivity index (χ3v) is 3.58. The summed E-state index contributed by atoms with van der Waals surface area (Å²) in [6.07, 6.45) is 3.67. The SMILES string of the molecule is Cc1ncc(CNc2nncc3ccccc23)s1. The van der Waals surface area contributed by atoms with Crippen molar-refractivity contribution >= 4 is 27.9 Å². The van der Waals surface area contributed by atoms with E-state index in [1.807, 2.05) is 37.4 Å². The van der Waals surface area contributed by atoms with E-state index in [0.717, 1.165) is 28.1 Å². The lowest BCUT2D eigenvalue weighted by molar-refractivity contribution is 1.02. The van der Waals surface area contributed by atoms with Gasteiger partial charge in [-0.15, -0.1) is 16.4 Å². The van der Waals surface area contributed by atoms with Gasteiger partial charge >= 0.3 is 0 Å². The Morgan fingerprint density at radius 3 is 2.94 bits per heavy atom. The zero-order valence-electron chi connectivity index (χ0n) is 9.92. The van der Waals surface area contributed by atoms with Crippen molar-refractivity contribution in [3.63, 3.8) is 0 Å². The minimum absolute atomic E-state index is 0.730. The van der Waals surface area contributed by atoms with Crippen molar-refractivity contribution in [1.82, 2.24) is 15.2 Å². The number of nitrogens with zero attached hydrogens (tertiary/aromatic N) is 3. The second kappa shape index (κ2) is 4.70. The molecule has 0 radical (unpaired) electrons. The standard InChI is InChI=1S/C13H12N4S/c1-9-14-7-11(18-9)8-15-13-12-5-3-2-4-10(12)6-16-17-13/h2-7H,8H2,1H3,(H,15,17). The number of hydrogen-bond donors (Lipinski definition) is 1. The van der Waals surface area contributed by atoms with E-state index in [-0.39, 0.29) is 0 Å². The highest BCUT2D eigenvalue weighted by atomic mass is 32.1. The molecule has 1 aromatic carbocycles. The maximum absolute atomic E-state index is 4.23. The van der Waals surface area contributed by atoms with Gasteiger partial charge in [0.05, 0.1) is 17.7 Å². The third kappa shape index (κ3) is 2.17. The topological polar surface area (TPSA) is 50.7 Å². The molecule has 0 bridgehead atoms. The Morgan fingerprint density at radius 1 is 1.22 bits per heavy atom. The first-order chi connectivity index (χ1) is 8.83. The molecule has 3 aromatic rings. The lowest BCUT2D eigenvalue weighted by Gasteiger charge is -2.05. The Morgan fingerprint density at radius 2 is 2.11 bits per heavy atom. The normalized spacial score (nSPS) is 10.7. The number of hydrogen-bond acceptors (Lipinski definition) is 5. The van der Waals surface area contributed by atoms with Crippen LogP contribution in [0.3, 0.4) is 0 Å². The Balaban J connectivity index is 1.86. The molecule has 1 N–H and O–H groups in total. The summed E-state index contributed by atoms with van der Waals surface area (Å²) in [5, 5.41) is 14.7. The van der Waals surface area contributed by atoms with Gasteiger partial charge in [-0.3, -0.25) is 0 Å². The van der Waals surface area contributed by atoms with E-state index in [1.54, 1.807) is 17.5 Å². The molecule has 18 heavy (non-hydrogen) atoms. The van der Waals surface area contributed by atoms with E-state index >= 15 is 0 Å². The molecule has 0 saturated carbocycles. The van der Waals surface area contributed by atoms with Gasteiger partial charge < -0.3 is 5.32 Å². The fraction of sp³-hybridized carbons (Fsp3) is 0.154. The molecule has 5 heteroatoms. The summed E-state index contributed by atoms with van der Waals surface area (Å²) in [6.45, 7) is 2.74. The molecule has 0 unspecified atom stereocenters. The second-order valence-electron chi connectivity index (χ2n) is 3.98. The van der Waals surface area contributed by atoms with Crippen molar-refractivity contribution in [1.29, 1.82) is 0 Å². The number of thiazole rings is 1. The summed E-state index contributed by atoms with van der Waals surface area (Å²) in [7, 11) is 0. The second-order valence-corrected chi connectivity index (χ2v) is 5.30. The van der Waals surface area contributed by atoms with Crippen molar-refractivity contribution in [3.05, 3.63) is 46.5 Å². The highest BCUT2D eigenvalue weighted by Gasteiger charge is 2.03. The van der Waals surface area contributed by atoms with Crippen LogP contribution in [0, 0.1) is 6.92 Å². The van der Waals surface area contributed by atoms with Gasteiger partial charge in [-0.25, -0.2) is 4.98 Å². The van der Waals surface area contributed by atoms with Crippen LogP contribution in [0.25, 0.3) is 10.8 Å². The van der Waals surface area contributed by atoms with Crippen LogP contribution < -0.4 is 5.32 Å². The lowest BCUT2D eigenvalue weighted by atomic mass is 10.2. The Kier molecular flexibility index (Phi) is 2.90. The molecule has 0 aliphatic rings. The number of aromatic nitrogens is 3. The number of rotatable bonds is 3. The molecule has 2 aromatic heterocycles. The van der Waals surface area contributed by atoms with Gasteiger partial charge in [-0.05, 0) is 6.92 Å². The highest BCUT2D eigenvalue weighted by Crippen LogP contribution is 2.20. The van der Waals surface area contributed by atoms with E-state index < -0.39 is 0 Å². The van der Waals surface area contributed by atoms with Crippen LogP contribution in [0.4, 0.5) is 5.82 Å². The molecule has 0 aliphatic carbocycles. The summed E-state index contributed by atoms with van der Waals surface area (Å²) in [6, 6.07) is 8.09. The summed E-state index contributed by atoms with van der Waals surface area (Å²) < 4.78 is 0. The van der Waals surface area contributed by atoms with Gasteiger partial charge in [0.1, 0.15) is 0 Å². The average Bonchev–Trinajstić information content (AvgIpc) is 2.82. The van der Waals surface area contributed by atoms with E-state index in [2.05, 4.69) is 20.5 Å². The zero-order valence-corrected chi connectivity index (χ0v) is 10.7. The highest BCUT2D eigenvalue weighted by molar-refractivity contribution is 7.11. The average molecular weight is 256 g/mol.